The first-order valence-corrected chi connectivity index (χ1v) is 9.10. The van der Waals surface area contributed by atoms with Crippen LogP contribution in [0.5, 0.6) is 0 Å². The number of piperazine rings is 1. The number of nitrogens with zero attached hydrogens (tertiary/aromatic N) is 5. The van der Waals surface area contributed by atoms with Crippen molar-refractivity contribution in [3.05, 3.63) is 18.5 Å². The predicted octanol–water partition coefficient (Wildman–Crippen LogP) is 0.808. The van der Waals surface area contributed by atoms with Crippen molar-refractivity contribution in [2.45, 2.75) is 13.3 Å². The maximum atomic E-state index is 5.33. The molecule has 0 aromatic carbocycles. The van der Waals surface area contributed by atoms with Crippen molar-refractivity contribution < 1.29 is 4.74 Å². The van der Waals surface area contributed by atoms with E-state index in [9.17, 15) is 0 Å². The molecule has 0 amide bonds. The first-order chi connectivity index (χ1) is 12.3. The van der Waals surface area contributed by atoms with E-state index in [0.717, 1.165) is 77.4 Å². The molecular weight excluding hydrogens is 445 g/mol. The van der Waals surface area contributed by atoms with Crippen LogP contribution in [0.25, 0.3) is 0 Å². The zero-order valence-corrected chi connectivity index (χ0v) is 18.2. The molecule has 0 radical (unpaired) electrons. The van der Waals surface area contributed by atoms with Gasteiger partial charge in [0.25, 0.3) is 0 Å². The highest BCUT2D eigenvalue weighted by Gasteiger charge is 2.18. The average Bonchev–Trinajstić information content (AvgIpc) is 2.67. The summed E-state index contributed by atoms with van der Waals surface area (Å²) in [7, 11) is 1.80. The molecule has 8 nitrogen and oxygen atoms in total. The van der Waals surface area contributed by atoms with E-state index in [2.05, 4.69) is 35.4 Å². The highest BCUT2D eigenvalue weighted by molar-refractivity contribution is 14.0. The van der Waals surface area contributed by atoms with Crippen LogP contribution < -0.4 is 15.5 Å². The molecule has 0 unspecified atom stereocenters. The molecule has 2 heterocycles. The van der Waals surface area contributed by atoms with Gasteiger partial charge in [-0.3, -0.25) is 9.89 Å². The summed E-state index contributed by atoms with van der Waals surface area (Å²) in [6.45, 7) is 10.3. The summed E-state index contributed by atoms with van der Waals surface area (Å²) in [5, 5.41) is 6.68. The van der Waals surface area contributed by atoms with Gasteiger partial charge in [0, 0.05) is 78.5 Å². The van der Waals surface area contributed by atoms with E-state index < -0.39 is 0 Å². The Balaban J connectivity index is 0.00000338. The molecule has 2 N–H and O–H groups in total. The van der Waals surface area contributed by atoms with Crippen LogP contribution in [-0.2, 0) is 4.74 Å². The third-order valence-electron chi connectivity index (χ3n) is 4.11. The number of hydrogen-bond acceptors (Lipinski definition) is 6. The van der Waals surface area contributed by atoms with Crippen molar-refractivity contribution in [2.75, 3.05) is 71.0 Å². The quantitative estimate of drug-likeness (QED) is 0.236. The molecule has 1 aromatic heterocycles. The monoisotopic (exact) mass is 477 g/mol. The standard InChI is InChI=1S/C17H31N7O.HI/c1-3-25-15-5-8-19-16(18-2)20-9-10-23-11-13-24(14-12-23)17-21-6-4-7-22-17;/h4,6-7H,3,5,8-15H2,1-2H3,(H2,18,19,20);1H. The molecule has 1 aliphatic rings. The van der Waals surface area contributed by atoms with Crippen molar-refractivity contribution in [1.29, 1.82) is 0 Å². The Kier molecular flexibility index (Phi) is 12.2. The van der Waals surface area contributed by atoms with E-state index in [4.69, 9.17) is 4.74 Å². The van der Waals surface area contributed by atoms with E-state index in [1.54, 1.807) is 19.4 Å². The Morgan fingerprint density at radius 1 is 1.15 bits per heavy atom. The van der Waals surface area contributed by atoms with Crippen molar-refractivity contribution in [3.8, 4) is 0 Å². The van der Waals surface area contributed by atoms with Crippen LogP contribution in [-0.4, -0.2) is 86.9 Å². The molecule has 26 heavy (non-hydrogen) atoms. The number of aliphatic imine (C=N–C) groups is 1. The van der Waals surface area contributed by atoms with Gasteiger partial charge in [-0.05, 0) is 19.4 Å². The van der Waals surface area contributed by atoms with Crippen molar-refractivity contribution >= 4 is 35.9 Å². The number of guanidine groups is 1. The van der Waals surface area contributed by atoms with Crippen molar-refractivity contribution in [3.63, 3.8) is 0 Å². The van der Waals surface area contributed by atoms with Gasteiger partial charge in [0.2, 0.25) is 5.95 Å². The van der Waals surface area contributed by atoms with Gasteiger partial charge < -0.3 is 20.3 Å². The number of ether oxygens (including phenoxy) is 1. The lowest BCUT2D eigenvalue weighted by molar-refractivity contribution is 0.145. The number of aromatic nitrogens is 2. The maximum absolute atomic E-state index is 5.33. The van der Waals surface area contributed by atoms with Gasteiger partial charge in [-0.1, -0.05) is 0 Å². The number of hydrogen-bond donors (Lipinski definition) is 2. The number of rotatable bonds is 9. The van der Waals surface area contributed by atoms with Gasteiger partial charge >= 0.3 is 0 Å². The van der Waals surface area contributed by atoms with Crippen molar-refractivity contribution in [2.24, 2.45) is 4.99 Å². The predicted molar refractivity (Wildman–Crippen MR) is 117 cm³/mol. The van der Waals surface area contributed by atoms with Crippen LogP contribution in [0, 0.1) is 0 Å². The summed E-state index contributed by atoms with van der Waals surface area (Å²) in [6.07, 6.45) is 4.58. The second-order valence-electron chi connectivity index (χ2n) is 5.85. The summed E-state index contributed by atoms with van der Waals surface area (Å²) >= 11 is 0. The molecule has 0 bridgehead atoms. The molecule has 2 rings (SSSR count). The Hall–Kier alpha value is -1.20. The largest absolute Gasteiger partial charge is 0.382 e. The van der Waals surface area contributed by atoms with E-state index in [1.807, 2.05) is 13.0 Å². The molecule has 1 aromatic rings. The van der Waals surface area contributed by atoms with Gasteiger partial charge in [-0.25, -0.2) is 9.97 Å². The van der Waals surface area contributed by atoms with Crippen LogP contribution in [0.3, 0.4) is 0 Å². The van der Waals surface area contributed by atoms with Gasteiger partial charge in [-0.15, -0.1) is 24.0 Å². The fraction of sp³-hybridized carbons (Fsp3) is 0.706. The molecule has 0 saturated carbocycles. The molecule has 148 valence electrons. The van der Waals surface area contributed by atoms with Crippen LogP contribution in [0.15, 0.2) is 23.5 Å². The van der Waals surface area contributed by atoms with Crippen molar-refractivity contribution in [1.82, 2.24) is 25.5 Å². The molecule has 1 saturated heterocycles. The van der Waals surface area contributed by atoms with Gasteiger partial charge in [0.05, 0.1) is 0 Å². The van der Waals surface area contributed by atoms with Crippen LogP contribution >= 0.6 is 24.0 Å². The van der Waals surface area contributed by atoms with Crippen LogP contribution in [0.1, 0.15) is 13.3 Å². The lowest BCUT2D eigenvalue weighted by Gasteiger charge is -2.34. The molecule has 0 aliphatic carbocycles. The fourth-order valence-corrected chi connectivity index (χ4v) is 2.70. The Morgan fingerprint density at radius 2 is 1.85 bits per heavy atom. The Morgan fingerprint density at radius 3 is 2.50 bits per heavy atom. The summed E-state index contributed by atoms with van der Waals surface area (Å²) in [4.78, 5) is 17.6. The number of nitrogens with one attached hydrogen (secondary N) is 2. The van der Waals surface area contributed by atoms with Crippen LogP contribution in [0.4, 0.5) is 5.95 Å². The minimum absolute atomic E-state index is 0. The summed E-state index contributed by atoms with van der Waals surface area (Å²) in [5.41, 5.74) is 0. The number of halogens is 1. The number of anilines is 1. The third kappa shape index (κ3) is 8.45. The SMILES string of the molecule is CCOCCCNC(=NC)NCCN1CCN(c2ncccn2)CC1.I. The molecule has 0 atom stereocenters. The first-order valence-electron chi connectivity index (χ1n) is 9.10. The highest BCUT2D eigenvalue weighted by atomic mass is 127. The van der Waals surface area contributed by atoms with E-state index in [0.29, 0.717) is 0 Å². The lowest BCUT2D eigenvalue weighted by atomic mass is 10.3. The second-order valence-corrected chi connectivity index (χ2v) is 5.85. The molecule has 0 spiro atoms. The summed E-state index contributed by atoms with van der Waals surface area (Å²) in [6, 6.07) is 1.85. The van der Waals surface area contributed by atoms with Crippen LogP contribution in [0.2, 0.25) is 0 Å². The smallest absolute Gasteiger partial charge is 0.225 e. The zero-order chi connectivity index (χ0) is 17.7. The maximum Gasteiger partial charge on any atom is 0.225 e. The zero-order valence-electron chi connectivity index (χ0n) is 15.9. The first kappa shape index (κ1) is 22.8. The lowest BCUT2D eigenvalue weighted by Crippen LogP contribution is -2.49. The minimum atomic E-state index is 0. The third-order valence-corrected chi connectivity index (χ3v) is 4.11. The van der Waals surface area contributed by atoms with Gasteiger partial charge in [0.1, 0.15) is 0 Å². The highest BCUT2D eigenvalue weighted by Crippen LogP contribution is 2.08. The van der Waals surface area contributed by atoms with Gasteiger partial charge in [-0.2, -0.15) is 0 Å². The van der Waals surface area contributed by atoms with E-state index in [-0.39, 0.29) is 24.0 Å². The molecular formula is C17H32IN7O. The average molecular weight is 477 g/mol. The summed E-state index contributed by atoms with van der Waals surface area (Å²) in [5.74, 6) is 1.68. The fourth-order valence-electron chi connectivity index (χ4n) is 2.70. The molecule has 1 aliphatic heterocycles. The summed E-state index contributed by atoms with van der Waals surface area (Å²) < 4.78 is 5.33. The normalized spacial score (nSPS) is 15.5. The molecule has 9 heteroatoms. The minimum Gasteiger partial charge on any atom is -0.382 e. The van der Waals surface area contributed by atoms with Gasteiger partial charge in [0.15, 0.2) is 5.96 Å². The van der Waals surface area contributed by atoms with E-state index in [1.165, 1.54) is 0 Å². The second kappa shape index (κ2) is 13.9. The van der Waals surface area contributed by atoms with E-state index >= 15 is 0 Å². The topological polar surface area (TPSA) is 77.9 Å². The molecule has 1 fully saturated rings. The Labute approximate surface area is 173 Å². The Bertz CT molecular complexity index is 495.